The molecule has 0 radical (unpaired) electrons. The number of rotatable bonds is 5. The van der Waals surface area contributed by atoms with Crippen molar-refractivity contribution in [2.75, 3.05) is 39.9 Å². The van der Waals surface area contributed by atoms with Gasteiger partial charge in [-0.2, -0.15) is 0 Å². The molecule has 2 atom stereocenters. The first-order chi connectivity index (χ1) is 14.0. The molecule has 2 saturated heterocycles. The summed E-state index contributed by atoms with van der Waals surface area (Å²) < 4.78 is 4.91. The van der Waals surface area contributed by atoms with E-state index in [1.54, 1.807) is 0 Å². The summed E-state index contributed by atoms with van der Waals surface area (Å²) in [5, 5.41) is 5.43. The minimum atomic E-state index is -0.922. The molecule has 1 aromatic heterocycles. The number of nitrogens with zero attached hydrogens (tertiary/aromatic N) is 4. The molecule has 29 heavy (non-hydrogen) atoms. The fraction of sp³-hybridized carbons (Fsp3) is 0.556. The van der Waals surface area contributed by atoms with Crippen LogP contribution in [0.3, 0.4) is 0 Å². The molecular weight excluding hydrogens is 380 g/mol. The molecule has 0 aromatic carbocycles. The van der Waals surface area contributed by atoms with Gasteiger partial charge in [-0.15, -0.1) is 0 Å². The molecule has 4 amide bonds. The Labute approximate surface area is 167 Å². The van der Waals surface area contributed by atoms with Gasteiger partial charge in [0.1, 0.15) is 25.0 Å². The van der Waals surface area contributed by atoms with Crippen LogP contribution >= 0.6 is 0 Å². The van der Waals surface area contributed by atoms with E-state index >= 15 is 0 Å². The van der Waals surface area contributed by atoms with Crippen molar-refractivity contribution >= 4 is 23.6 Å². The number of aromatic nitrogens is 2. The third-order valence-electron chi connectivity index (χ3n) is 4.97. The van der Waals surface area contributed by atoms with E-state index in [-0.39, 0.29) is 44.0 Å². The molecule has 0 spiro atoms. The lowest BCUT2D eigenvalue weighted by Gasteiger charge is -2.41. The van der Waals surface area contributed by atoms with Gasteiger partial charge < -0.3 is 25.2 Å². The first-order valence-electron chi connectivity index (χ1n) is 9.42. The van der Waals surface area contributed by atoms with Crippen molar-refractivity contribution in [3.05, 3.63) is 24.3 Å². The Bertz CT molecular complexity index is 773. The van der Waals surface area contributed by atoms with Gasteiger partial charge in [0.25, 0.3) is 5.91 Å². The number of carbonyl (C=O) groups excluding carboxylic acids is 4. The second-order valence-electron chi connectivity index (χ2n) is 6.91. The molecule has 2 fully saturated rings. The normalized spacial score (nSPS) is 22.0. The quantitative estimate of drug-likeness (QED) is 0.590. The van der Waals surface area contributed by atoms with Crippen LogP contribution in [0, 0.1) is 0 Å². The molecule has 2 aliphatic rings. The van der Waals surface area contributed by atoms with Crippen molar-refractivity contribution in [1.29, 1.82) is 0 Å². The van der Waals surface area contributed by atoms with E-state index in [4.69, 9.17) is 4.74 Å². The highest BCUT2D eigenvalue weighted by Crippen LogP contribution is 2.15. The number of piperidine rings is 1. The number of hydrogen-bond donors (Lipinski definition) is 2. The summed E-state index contributed by atoms with van der Waals surface area (Å²) in [5.41, 5.74) is 0.301. The van der Waals surface area contributed by atoms with Crippen LogP contribution in [0.25, 0.3) is 0 Å². The Morgan fingerprint density at radius 1 is 1.28 bits per heavy atom. The van der Waals surface area contributed by atoms with Gasteiger partial charge in [0.2, 0.25) is 17.7 Å². The first-order valence-corrected chi connectivity index (χ1v) is 9.42. The summed E-state index contributed by atoms with van der Waals surface area (Å²) >= 11 is 0. The lowest BCUT2D eigenvalue weighted by molar-refractivity contribution is -0.147. The van der Waals surface area contributed by atoms with Gasteiger partial charge in [-0.05, 0) is 12.8 Å². The Balaban J connectivity index is 1.75. The maximum atomic E-state index is 12.9. The molecule has 156 valence electrons. The van der Waals surface area contributed by atoms with Crippen molar-refractivity contribution < 1.29 is 23.9 Å². The lowest BCUT2D eigenvalue weighted by atomic mass is 10.0. The fourth-order valence-corrected chi connectivity index (χ4v) is 3.47. The summed E-state index contributed by atoms with van der Waals surface area (Å²) in [4.78, 5) is 60.7. The summed E-state index contributed by atoms with van der Waals surface area (Å²) in [7, 11) is 1.40. The SMILES string of the molecule is COCC(=O)N1CCN(C(=O)c2cncnc2)C[C@H]1C(=O)N[C@H]1CCCNC1=O. The maximum absolute atomic E-state index is 12.9. The third-order valence-corrected chi connectivity index (χ3v) is 4.97. The second kappa shape index (κ2) is 9.41. The van der Waals surface area contributed by atoms with E-state index in [1.807, 2.05) is 0 Å². The Morgan fingerprint density at radius 3 is 2.72 bits per heavy atom. The van der Waals surface area contributed by atoms with Crippen LogP contribution in [0.5, 0.6) is 0 Å². The number of amides is 4. The molecular formula is C18H24N6O5. The van der Waals surface area contributed by atoms with E-state index in [9.17, 15) is 19.2 Å². The predicted molar refractivity (Wildman–Crippen MR) is 99.5 cm³/mol. The van der Waals surface area contributed by atoms with Gasteiger partial charge in [-0.25, -0.2) is 9.97 Å². The molecule has 11 nitrogen and oxygen atoms in total. The summed E-state index contributed by atoms with van der Waals surface area (Å²) in [6, 6.07) is -1.57. The van der Waals surface area contributed by atoms with E-state index in [2.05, 4.69) is 20.6 Å². The molecule has 2 N–H and O–H groups in total. The minimum Gasteiger partial charge on any atom is -0.375 e. The smallest absolute Gasteiger partial charge is 0.257 e. The molecule has 3 rings (SSSR count). The Morgan fingerprint density at radius 2 is 2.03 bits per heavy atom. The van der Waals surface area contributed by atoms with Gasteiger partial charge in [0.15, 0.2) is 0 Å². The van der Waals surface area contributed by atoms with E-state index < -0.39 is 18.0 Å². The zero-order chi connectivity index (χ0) is 20.8. The largest absolute Gasteiger partial charge is 0.375 e. The number of hydrogen-bond acceptors (Lipinski definition) is 7. The molecule has 0 saturated carbocycles. The summed E-state index contributed by atoms with van der Waals surface area (Å²) in [5.74, 6) is -1.39. The molecule has 0 bridgehead atoms. The molecule has 3 heterocycles. The van der Waals surface area contributed by atoms with Crippen LogP contribution in [0.1, 0.15) is 23.2 Å². The van der Waals surface area contributed by atoms with Gasteiger partial charge in [-0.1, -0.05) is 0 Å². The average molecular weight is 404 g/mol. The van der Waals surface area contributed by atoms with Crippen LogP contribution in [-0.2, 0) is 19.1 Å². The van der Waals surface area contributed by atoms with Crippen LogP contribution < -0.4 is 10.6 Å². The molecule has 0 aliphatic carbocycles. The van der Waals surface area contributed by atoms with Crippen LogP contribution in [0.4, 0.5) is 0 Å². The van der Waals surface area contributed by atoms with E-state index in [0.717, 1.165) is 6.42 Å². The van der Waals surface area contributed by atoms with Crippen LogP contribution in [0.2, 0.25) is 0 Å². The van der Waals surface area contributed by atoms with Crippen molar-refractivity contribution in [3.8, 4) is 0 Å². The molecule has 1 aromatic rings. The topological polar surface area (TPSA) is 134 Å². The highest BCUT2D eigenvalue weighted by Gasteiger charge is 2.38. The van der Waals surface area contributed by atoms with Crippen LogP contribution in [0.15, 0.2) is 18.7 Å². The number of carbonyl (C=O) groups is 4. The first kappa shape index (κ1) is 20.6. The van der Waals surface area contributed by atoms with Gasteiger partial charge in [0.05, 0.1) is 12.1 Å². The highest BCUT2D eigenvalue weighted by atomic mass is 16.5. The van der Waals surface area contributed by atoms with Crippen molar-refractivity contribution in [3.63, 3.8) is 0 Å². The molecule has 11 heteroatoms. The fourth-order valence-electron chi connectivity index (χ4n) is 3.47. The average Bonchev–Trinajstić information content (AvgIpc) is 2.75. The number of nitrogens with one attached hydrogen (secondary N) is 2. The lowest BCUT2D eigenvalue weighted by Crippen LogP contribution is -2.64. The third kappa shape index (κ3) is 4.86. The zero-order valence-electron chi connectivity index (χ0n) is 16.2. The van der Waals surface area contributed by atoms with Gasteiger partial charge >= 0.3 is 0 Å². The summed E-state index contributed by atoms with van der Waals surface area (Å²) in [6.07, 6.45) is 5.41. The number of piperazine rings is 1. The van der Waals surface area contributed by atoms with E-state index in [0.29, 0.717) is 18.5 Å². The maximum Gasteiger partial charge on any atom is 0.257 e. The van der Waals surface area contributed by atoms with Crippen molar-refractivity contribution in [2.24, 2.45) is 0 Å². The monoisotopic (exact) mass is 404 g/mol. The number of ether oxygens (including phenoxy) is 1. The van der Waals surface area contributed by atoms with Crippen molar-refractivity contribution in [2.45, 2.75) is 24.9 Å². The standard InChI is InChI=1S/C18H24N6O5/c1-29-10-15(25)24-6-5-23(18(28)12-7-19-11-20-8-12)9-14(24)17(27)22-13-3-2-4-21-16(13)26/h7-8,11,13-14H,2-6,9-10H2,1H3,(H,21,26)(H,22,27)/t13-,14-/m0/s1. The van der Waals surface area contributed by atoms with E-state index in [1.165, 1.54) is 35.6 Å². The van der Waals surface area contributed by atoms with Crippen molar-refractivity contribution in [1.82, 2.24) is 30.4 Å². The zero-order valence-corrected chi connectivity index (χ0v) is 16.2. The van der Waals surface area contributed by atoms with Crippen LogP contribution in [-0.4, -0.2) is 95.4 Å². The van der Waals surface area contributed by atoms with Gasteiger partial charge in [-0.3, -0.25) is 19.2 Å². The Hall–Kier alpha value is -3.08. The minimum absolute atomic E-state index is 0.00333. The highest BCUT2D eigenvalue weighted by molar-refractivity contribution is 5.96. The summed E-state index contributed by atoms with van der Waals surface area (Å²) in [6.45, 7) is 0.847. The molecule has 0 unspecified atom stereocenters. The number of methoxy groups -OCH3 is 1. The second-order valence-corrected chi connectivity index (χ2v) is 6.91. The van der Waals surface area contributed by atoms with Gasteiger partial charge in [0, 0.05) is 39.1 Å². The predicted octanol–water partition coefficient (Wildman–Crippen LogP) is -1.83. The molecule has 2 aliphatic heterocycles. The Kier molecular flexibility index (Phi) is 6.70.